The lowest BCUT2D eigenvalue weighted by atomic mass is 10.2. The van der Waals surface area contributed by atoms with Gasteiger partial charge in [-0.15, -0.1) is 0 Å². The van der Waals surface area contributed by atoms with Crippen molar-refractivity contribution >= 4 is 38.7 Å². The van der Waals surface area contributed by atoms with Crippen LogP contribution in [0.2, 0.25) is 0 Å². The second-order valence-corrected chi connectivity index (χ2v) is 7.08. The maximum absolute atomic E-state index is 13.0. The molecule has 4 heterocycles. The van der Waals surface area contributed by atoms with Crippen LogP contribution in [0.4, 0.5) is 5.82 Å². The Kier molecular flexibility index (Phi) is 4.27. The fourth-order valence-electron chi connectivity index (χ4n) is 2.94. The molecule has 10 heteroatoms. The zero-order valence-corrected chi connectivity index (χ0v) is 16.0. The van der Waals surface area contributed by atoms with Crippen molar-refractivity contribution in [1.29, 1.82) is 5.26 Å². The Hall–Kier alpha value is -4.36. The maximum atomic E-state index is 13.0. The molecule has 0 radical (unpaired) electrons. The van der Waals surface area contributed by atoms with Crippen molar-refractivity contribution in [2.24, 2.45) is 5.10 Å². The molecule has 0 fully saturated rings. The lowest BCUT2D eigenvalue weighted by Gasteiger charge is -2.01. The first-order valence-corrected chi connectivity index (χ1v) is 9.56. The molecule has 0 aliphatic carbocycles. The molecule has 30 heavy (non-hydrogen) atoms. The van der Waals surface area contributed by atoms with E-state index < -0.39 is 5.56 Å². The number of nitrogens with one attached hydrogen (secondary N) is 1. The summed E-state index contributed by atoms with van der Waals surface area (Å²) < 4.78 is 7.24. The van der Waals surface area contributed by atoms with Gasteiger partial charge in [-0.3, -0.25) is 10.2 Å². The van der Waals surface area contributed by atoms with Crippen LogP contribution >= 0.6 is 11.3 Å². The fourth-order valence-corrected chi connectivity index (χ4v) is 3.96. The third-order valence-electron chi connectivity index (χ3n) is 4.29. The Morgan fingerprint density at radius 1 is 1.20 bits per heavy atom. The van der Waals surface area contributed by atoms with E-state index in [1.807, 2.05) is 36.4 Å². The van der Waals surface area contributed by atoms with Crippen molar-refractivity contribution in [3.05, 3.63) is 76.5 Å². The van der Waals surface area contributed by atoms with Crippen molar-refractivity contribution in [2.75, 3.05) is 5.43 Å². The van der Waals surface area contributed by atoms with E-state index in [1.165, 1.54) is 28.3 Å². The minimum atomic E-state index is -0.516. The molecule has 0 saturated heterocycles. The van der Waals surface area contributed by atoms with Crippen LogP contribution in [0, 0.1) is 11.3 Å². The van der Waals surface area contributed by atoms with E-state index in [4.69, 9.17) is 4.42 Å². The minimum Gasteiger partial charge on any atom is -0.463 e. The molecule has 0 bridgehead atoms. The number of hydrazone groups is 1. The SMILES string of the molecule is N#Cc1c(-c2ccco2)nc2sc3c(N/N=C/c4ccccc4)ncnc3n2c1=O. The highest BCUT2D eigenvalue weighted by atomic mass is 32.1. The third-order valence-corrected chi connectivity index (χ3v) is 5.33. The summed E-state index contributed by atoms with van der Waals surface area (Å²) in [6.45, 7) is 0. The Labute approximate surface area is 172 Å². The molecule has 0 amide bonds. The van der Waals surface area contributed by atoms with Crippen molar-refractivity contribution in [3.8, 4) is 17.5 Å². The van der Waals surface area contributed by atoms with Crippen molar-refractivity contribution < 1.29 is 4.42 Å². The highest BCUT2D eigenvalue weighted by Gasteiger charge is 2.21. The standard InChI is InChI=1S/C20H11N7O2S/c21-9-13-15(14-7-4-8-29-14)25-20-27(19(13)28)18-16(30-20)17(22-11-23-18)26-24-10-12-5-2-1-3-6-12/h1-8,10-11H,(H,22,23,26)/b24-10+. The smallest absolute Gasteiger partial charge is 0.278 e. The highest BCUT2D eigenvalue weighted by molar-refractivity contribution is 7.24. The zero-order valence-electron chi connectivity index (χ0n) is 15.2. The van der Waals surface area contributed by atoms with Gasteiger partial charge in [0.05, 0.1) is 12.5 Å². The molecule has 0 aliphatic rings. The lowest BCUT2D eigenvalue weighted by Crippen LogP contribution is -2.18. The number of nitriles is 1. The van der Waals surface area contributed by atoms with E-state index in [2.05, 4.69) is 25.5 Å². The Bertz CT molecular complexity index is 1500. The molecular formula is C20H11N7O2S. The normalized spacial score (nSPS) is 11.3. The molecule has 1 N–H and O–H groups in total. The number of nitrogens with zero attached hydrogens (tertiary/aromatic N) is 6. The van der Waals surface area contributed by atoms with Crippen molar-refractivity contribution in [3.63, 3.8) is 0 Å². The van der Waals surface area contributed by atoms with Crippen LogP contribution < -0.4 is 11.0 Å². The molecule has 4 aromatic heterocycles. The van der Waals surface area contributed by atoms with Gasteiger partial charge in [-0.1, -0.05) is 41.7 Å². The molecule has 5 aromatic rings. The van der Waals surface area contributed by atoms with Crippen molar-refractivity contribution in [1.82, 2.24) is 19.4 Å². The lowest BCUT2D eigenvalue weighted by molar-refractivity contribution is 0.579. The van der Waals surface area contributed by atoms with E-state index >= 15 is 0 Å². The second kappa shape index (κ2) is 7.23. The van der Waals surface area contributed by atoms with Crippen LogP contribution in [0.3, 0.4) is 0 Å². The number of fused-ring (bicyclic) bond motifs is 3. The highest BCUT2D eigenvalue weighted by Crippen LogP contribution is 2.30. The Morgan fingerprint density at radius 3 is 2.83 bits per heavy atom. The van der Waals surface area contributed by atoms with Gasteiger partial charge >= 0.3 is 0 Å². The Balaban J connectivity index is 1.65. The molecule has 0 aliphatic heterocycles. The van der Waals surface area contributed by atoms with E-state index in [0.717, 1.165) is 5.56 Å². The number of hydrogen-bond donors (Lipinski definition) is 1. The van der Waals surface area contributed by atoms with Crippen LogP contribution in [0.5, 0.6) is 0 Å². The van der Waals surface area contributed by atoms with Crippen molar-refractivity contribution in [2.45, 2.75) is 0 Å². The molecular weight excluding hydrogens is 402 g/mol. The molecule has 0 spiro atoms. The number of aromatic nitrogens is 4. The average molecular weight is 413 g/mol. The third kappa shape index (κ3) is 2.90. The summed E-state index contributed by atoms with van der Waals surface area (Å²) in [6.07, 6.45) is 4.45. The van der Waals surface area contributed by atoms with E-state index in [0.29, 0.717) is 26.9 Å². The average Bonchev–Trinajstić information content (AvgIpc) is 3.43. The van der Waals surface area contributed by atoms with Gasteiger partial charge in [0.1, 0.15) is 28.4 Å². The summed E-state index contributed by atoms with van der Waals surface area (Å²) in [6, 6.07) is 14.8. The first kappa shape index (κ1) is 17.7. The largest absolute Gasteiger partial charge is 0.463 e. The number of benzene rings is 1. The fraction of sp³-hybridized carbons (Fsp3) is 0. The van der Waals surface area contributed by atoms with E-state index in [1.54, 1.807) is 18.3 Å². The summed E-state index contributed by atoms with van der Waals surface area (Å²) in [4.78, 5) is 26.3. The molecule has 0 unspecified atom stereocenters. The van der Waals surface area contributed by atoms with Crippen LogP contribution in [-0.4, -0.2) is 25.6 Å². The maximum Gasteiger partial charge on any atom is 0.278 e. The van der Waals surface area contributed by atoms with Gasteiger partial charge in [0.15, 0.2) is 22.2 Å². The number of hydrogen-bond acceptors (Lipinski definition) is 9. The van der Waals surface area contributed by atoms with Gasteiger partial charge in [0.2, 0.25) is 0 Å². The molecule has 144 valence electrons. The van der Waals surface area contributed by atoms with E-state index in [9.17, 15) is 10.1 Å². The van der Waals surface area contributed by atoms with Gasteiger partial charge in [-0.2, -0.15) is 10.4 Å². The predicted octanol–water partition coefficient (Wildman–Crippen LogP) is 3.28. The second-order valence-electron chi connectivity index (χ2n) is 6.11. The van der Waals surface area contributed by atoms with Gasteiger partial charge < -0.3 is 4.42 Å². The number of thiazole rings is 1. The quantitative estimate of drug-likeness (QED) is 0.354. The molecule has 0 atom stereocenters. The number of anilines is 1. The van der Waals surface area contributed by atoms with Crippen LogP contribution in [0.1, 0.15) is 11.1 Å². The summed E-state index contributed by atoms with van der Waals surface area (Å²) in [5.74, 6) is 0.778. The van der Waals surface area contributed by atoms with Gasteiger partial charge in [0, 0.05) is 0 Å². The Morgan fingerprint density at radius 2 is 2.07 bits per heavy atom. The number of rotatable bonds is 4. The molecule has 5 rings (SSSR count). The predicted molar refractivity (Wildman–Crippen MR) is 113 cm³/mol. The van der Waals surface area contributed by atoms with Gasteiger partial charge in [-0.25, -0.2) is 19.4 Å². The monoisotopic (exact) mass is 413 g/mol. The van der Waals surface area contributed by atoms with Gasteiger partial charge in [-0.05, 0) is 17.7 Å². The summed E-state index contributed by atoms with van der Waals surface area (Å²) >= 11 is 1.22. The first-order chi connectivity index (χ1) is 14.8. The summed E-state index contributed by atoms with van der Waals surface area (Å²) in [5, 5.41) is 13.8. The van der Waals surface area contributed by atoms with Gasteiger partial charge in [0.25, 0.3) is 5.56 Å². The topological polar surface area (TPSA) is 121 Å². The first-order valence-electron chi connectivity index (χ1n) is 8.74. The molecule has 9 nitrogen and oxygen atoms in total. The molecule has 0 saturated carbocycles. The zero-order chi connectivity index (χ0) is 20.5. The summed E-state index contributed by atoms with van der Waals surface area (Å²) in [5.41, 5.74) is 3.73. The molecule has 1 aromatic carbocycles. The minimum absolute atomic E-state index is 0.114. The van der Waals surface area contributed by atoms with E-state index in [-0.39, 0.29) is 11.3 Å². The summed E-state index contributed by atoms with van der Waals surface area (Å²) in [7, 11) is 0. The van der Waals surface area contributed by atoms with Crippen LogP contribution in [0.25, 0.3) is 26.8 Å². The number of furan rings is 1. The van der Waals surface area contributed by atoms with Crippen LogP contribution in [-0.2, 0) is 0 Å². The van der Waals surface area contributed by atoms with Crippen LogP contribution in [0.15, 0.2) is 69.4 Å².